The molecule has 3 rings (SSSR count). The number of fused-ring (bicyclic) bond motifs is 1. The molecule has 29 heavy (non-hydrogen) atoms. The molecule has 150 valence electrons. The van der Waals surface area contributed by atoms with Crippen LogP contribution in [0.1, 0.15) is 18.1 Å². The first kappa shape index (κ1) is 20.2. The highest BCUT2D eigenvalue weighted by Gasteiger charge is 2.16. The molecule has 0 saturated carbocycles. The third-order valence-electron chi connectivity index (χ3n) is 4.58. The predicted octanol–water partition coefficient (Wildman–Crippen LogP) is 3.45. The van der Waals surface area contributed by atoms with E-state index in [2.05, 4.69) is 10.9 Å². The molecule has 0 bridgehead atoms. The Morgan fingerprint density at radius 3 is 2.34 bits per heavy atom. The Kier molecular flexibility index (Phi) is 6.34. The summed E-state index contributed by atoms with van der Waals surface area (Å²) in [7, 11) is 0. The summed E-state index contributed by atoms with van der Waals surface area (Å²) >= 11 is 0. The summed E-state index contributed by atoms with van der Waals surface area (Å²) in [4.78, 5) is 24.1. The zero-order valence-electron chi connectivity index (χ0n) is 16.7. The lowest BCUT2D eigenvalue weighted by Crippen LogP contribution is -2.48. The lowest BCUT2D eigenvalue weighted by Gasteiger charge is -2.16. The minimum absolute atomic E-state index is 0.206. The Morgan fingerprint density at radius 1 is 0.862 bits per heavy atom. The van der Waals surface area contributed by atoms with Gasteiger partial charge in [0.1, 0.15) is 11.5 Å². The van der Waals surface area contributed by atoms with Gasteiger partial charge in [0.25, 0.3) is 11.8 Å². The van der Waals surface area contributed by atoms with Crippen LogP contribution in [0.2, 0.25) is 0 Å². The summed E-state index contributed by atoms with van der Waals surface area (Å²) in [5.41, 5.74) is 6.91. The molecular formula is C23H24N2O4. The number of hydrogen-bond donors (Lipinski definition) is 2. The number of aryl methyl sites for hydroxylation is 2. The normalized spacial score (nSPS) is 11.6. The highest BCUT2D eigenvalue weighted by Crippen LogP contribution is 2.21. The molecule has 0 aromatic heterocycles. The maximum absolute atomic E-state index is 12.2. The first-order valence-corrected chi connectivity index (χ1v) is 9.36. The van der Waals surface area contributed by atoms with Crippen LogP contribution in [-0.4, -0.2) is 24.5 Å². The third kappa shape index (κ3) is 5.48. The van der Waals surface area contributed by atoms with Crippen molar-refractivity contribution >= 4 is 22.6 Å². The van der Waals surface area contributed by atoms with Crippen LogP contribution in [-0.2, 0) is 9.59 Å². The van der Waals surface area contributed by atoms with Gasteiger partial charge in [-0.25, -0.2) is 0 Å². The molecule has 0 aliphatic carbocycles. The smallest absolute Gasteiger partial charge is 0.279 e. The van der Waals surface area contributed by atoms with E-state index >= 15 is 0 Å². The van der Waals surface area contributed by atoms with Crippen molar-refractivity contribution in [2.45, 2.75) is 26.9 Å². The Bertz CT molecular complexity index is 1030. The lowest BCUT2D eigenvalue weighted by molar-refractivity contribution is -0.133. The molecule has 0 radical (unpaired) electrons. The Hall–Kier alpha value is -3.54. The van der Waals surface area contributed by atoms with E-state index in [1.807, 2.05) is 68.4 Å². The van der Waals surface area contributed by atoms with E-state index in [1.54, 1.807) is 13.0 Å². The van der Waals surface area contributed by atoms with Crippen molar-refractivity contribution in [1.29, 1.82) is 0 Å². The summed E-state index contributed by atoms with van der Waals surface area (Å²) in [5.74, 6) is 0.255. The summed E-state index contributed by atoms with van der Waals surface area (Å²) in [6.07, 6.45) is -0.780. The third-order valence-corrected chi connectivity index (χ3v) is 4.58. The molecule has 6 heteroatoms. The fraction of sp³-hybridized carbons (Fsp3) is 0.217. The van der Waals surface area contributed by atoms with Gasteiger partial charge in [0.15, 0.2) is 12.7 Å². The zero-order chi connectivity index (χ0) is 20.8. The van der Waals surface area contributed by atoms with Crippen LogP contribution >= 0.6 is 0 Å². The average Bonchev–Trinajstić information content (AvgIpc) is 2.72. The van der Waals surface area contributed by atoms with Crippen molar-refractivity contribution in [3.05, 3.63) is 71.8 Å². The van der Waals surface area contributed by atoms with Crippen LogP contribution in [0.15, 0.2) is 60.7 Å². The predicted molar refractivity (Wildman–Crippen MR) is 112 cm³/mol. The van der Waals surface area contributed by atoms with Crippen LogP contribution in [0, 0.1) is 13.8 Å². The standard InChI is InChI=1S/C23H24N2O4/c1-15-8-10-20(12-16(15)2)28-14-22(26)24-25-23(27)17(3)29-21-11-9-18-6-4-5-7-19(18)13-21/h4-13,17H,14H2,1-3H3,(H,24,26)(H,25,27)/t17-/m1/s1. The van der Waals surface area contributed by atoms with Gasteiger partial charge in [0.2, 0.25) is 0 Å². The van der Waals surface area contributed by atoms with E-state index in [0.29, 0.717) is 11.5 Å². The van der Waals surface area contributed by atoms with Crippen LogP contribution < -0.4 is 20.3 Å². The molecule has 0 heterocycles. The molecule has 3 aromatic rings. The van der Waals surface area contributed by atoms with Crippen molar-refractivity contribution < 1.29 is 19.1 Å². The minimum atomic E-state index is -0.780. The van der Waals surface area contributed by atoms with Gasteiger partial charge in [-0.15, -0.1) is 0 Å². The molecule has 0 aliphatic rings. The number of carbonyl (C=O) groups excluding carboxylic acids is 2. The zero-order valence-corrected chi connectivity index (χ0v) is 16.7. The molecule has 3 aromatic carbocycles. The number of hydrazine groups is 1. The Labute approximate surface area is 169 Å². The van der Waals surface area contributed by atoms with Crippen LogP contribution in [0.4, 0.5) is 0 Å². The molecule has 1 atom stereocenters. The Morgan fingerprint density at radius 2 is 1.59 bits per heavy atom. The van der Waals surface area contributed by atoms with Crippen molar-refractivity contribution in [3.8, 4) is 11.5 Å². The van der Waals surface area contributed by atoms with Gasteiger partial charge in [-0.05, 0) is 66.9 Å². The van der Waals surface area contributed by atoms with Gasteiger partial charge >= 0.3 is 0 Å². The van der Waals surface area contributed by atoms with Crippen molar-refractivity contribution in [2.75, 3.05) is 6.61 Å². The fourth-order valence-electron chi connectivity index (χ4n) is 2.72. The van der Waals surface area contributed by atoms with E-state index in [1.165, 1.54) is 0 Å². The van der Waals surface area contributed by atoms with Gasteiger partial charge < -0.3 is 9.47 Å². The molecule has 0 saturated heterocycles. The molecule has 2 N–H and O–H groups in total. The van der Waals surface area contributed by atoms with E-state index in [9.17, 15) is 9.59 Å². The number of ether oxygens (including phenoxy) is 2. The number of hydrogen-bond acceptors (Lipinski definition) is 4. The SMILES string of the molecule is Cc1ccc(OCC(=O)NNC(=O)[C@@H](C)Oc2ccc3ccccc3c2)cc1C. The number of amides is 2. The lowest BCUT2D eigenvalue weighted by atomic mass is 10.1. The first-order valence-electron chi connectivity index (χ1n) is 9.36. The molecule has 0 spiro atoms. The quantitative estimate of drug-likeness (QED) is 0.630. The first-order chi connectivity index (χ1) is 13.9. The van der Waals surface area contributed by atoms with Gasteiger partial charge in [-0.1, -0.05) is 36.4 Å². The highest BCUT2D eigenvalue weighted by molar-refractivity contribution is 5.86. The topological polar surface area (TPSA) is 76.7 Å². The number of nitrogens with one attached hydrogen (secondary N) is 2. The molecule has 6 nitrogen and oxygen atoms in total. The Balaban J connectivity index is 1.46. The second-order valence-corrected chi connectivity index (χ2v) is 6.84. The van der Waals surface area contributed by atoms with Gasteiger partial charge in [0.05, 0.1) is 0 Å². The fourth-order valence-corrected chi connectivity index (χ4v) is 2.72. The van der Waals surface area contributed by atoms with E-state index in [0.717, 1.165) is 21.9 Å². The van der Waals surface area contributed by atoms with Gasteiger partial charge in [0, 0.05) is 0 Å². The number of rotatable bonds is 6. The monoisotopic (exact) mass is 392 g/mol. The van der Waals surface area contributed by atoms with Crippen molar-refractivity contribution in [1.82, 2.24) is 10.9 Å². The second-order valence-electron chi connectivity index (χ2n) is 6.84. The van der Waals surface area contributed by atoms with Crippen LogP contribution in [0.3, 0.4) is 0 Å². The molecule has 2 amide bonds. The molecular weight excluding hydrogens is 368 g/mol. The van der Waals surface area contributed by atoms with Crippen LogP contribution in [0.25, 0.3) is 10.8 Å². The summed E-state index contributed by atoms with van der Waals surface area (Å²) in [6.45, 7) is 5.38. The summed E-state index contributed by atoms with van der Waals surface area (Å²) in [6, 6.07) is 19.1. The van der Waals surface area contributed by atoms with Gasteiger partial charge in [-0.3, -0.25) is 20.4 Å². The average molecular weight is 392 g/mol. The largest absolute Gasteiger partial charge is 0.484 e. The molecule has 0 fully saturated rings. The number of benzene rings is 3. The van der Waals surface area contributed by atoms with E-state index in [-0.39, 0.29) is 6.61 Å². The van der Waals surface area contributed by atoms with Crippen molar-refractivity contribution in [2.24, 2.45) is 0 Å². The molecule has 0 unspecified atom stereocenters. The maximum atomic E-state index is 12.2. The number of carbonyl (C=O) groups is 2. The van der Waals surface area contributed by atoms with Crippen molar-refractivity contribution in [3.63, 3.8) is 0 Å². The second kappa shape index (κ2) is 9.10. The highest BCUT2D eigenvalue weighted by atomic mass is 16.5. The van der Waals surface area contributed by atoms with E-state index < -0.39 is 17.9 Å². The van der Waals surface area contributed by atoms with E-state index in [4.69, 9.17) is 9.47 Å². The van der Waals surface area contributed by atoms with Gasteiger partial charge in [-0.2, -0.15) is 0 Å². The minimum Gasteiger partial charge on any atom is -0.484 e. The van der Waals surface area contributed by atoms with Crippen LogP contribution in [0.5, 0.6) is 11.5 Å². The molecule has 0 aliphatic heterocycles. The maximum Gasteiger partial charge on any atom is 0.279 e. The summed E-state index contributed by atoms with van der Waals surface area (Å²) < 4.78 is 11.1. The summed E-state index contributed by atoms with van der Waals surface area (Å²) in [5, 5.41) is 2.11.